The number of hydrogen-bond donors (Lipinski definition) is 0. The molecule has 2 rings (SSSR count). The van der Waals surface area contributed by atoms with E-state index in [1.54, 1.807) is 36.4 Å². The van der Waals surface area contributed by atoms with Crippen LogP contribution in [0, 0.1) is 0 Å². The van der Waals surface area contributed by atoms with Gasteiger partial charge in [-0.05, 0) is 24.3 Å². The van der Waals surface area contributed by atoms with Crippen LogP contribution in [0.15, 0.2) is 60.7 Å². The van der Waals surface area contributed by atoms with E-state index in [0.29, 0.717) is 0 Å². The van der Waals surface area contributed by atoms with Crippen molar-refractivity contribution in [3.63, 3.8) is 0 Å². The van der Waals surface area contributed by atoms with Gasteiger partial charge >= 0.3 is 16.5 Å². The van der Waals surface area contributed by atoms with Gasteiger partial charge in [0, 0.05) is 0 Å². The fraction of sp³-hybridized carbons (Fsp3) is 0.125. The van der Waals surface area contributed by atoms with Crippen LogP contribution in [0.25, 0.3) is 0 Å². The van der Waals surface area contributed by atoms with Crippen LogP contribution in [0.2, 0.25) is 0 Å². The zero-order chi connectivity index (χ0) is 16.9. The van der Waals surface area contributed by atoms with Gasteiger partial charge in [-0.2, -0.15) is 0 Å². The van der Waals surface area contributed by atoms with Gasteiger partial charge < -0.3 is 9.47 Å². The summed E-state index contributed by atoms with van der Waals surface area (Å²) < 4.78 is 7.59. The molecule has 0 saturated carbocycles. The largest absolute Gasteiger partial charge is 0.435 e. The molecule has 0 aliphatic rings. The number of alkyl halides is 3. The first-order valence-corrected chi connectivity index (χ1v) is 7.65. The number of benzene rings is 2. The molecule has 0 aromatic heterocycles. The molecule has 0 saturated heterocycles. The Morgan fingerprint density at radius 3 is 1.74 bits per heavy atom. The quantitative estimate of drug-likeness (QED) is 0.576. The SMILES string of the molecule is O=C(OC(Cl)C(Cl)(Cl)OC(=O)c1ccccc1)c1ccccc1. The van der Waals surface area contributed by atoms with E-state index in [-0.39, 0.29) is 11.1 Å². The standard InChI is InChI=1S/C16H11Cl3O4/c17-15(22-13(20)11-7-3-1-4-8-11)16(18,19)23-14(21)12-9-5-2-6-10-12/h1-10,15H. The monoisotopic (exact) mass is 372 g/mol. The van der Waals surface area contributed by atoms with Gasteiger partial charge in [0.05, 0.1) is 11.1 Å². The maximum absolute atomic E-state index is 11.9. The number of esters is 2. The Balaban J connectivity index is 2.01. The summed E-state index contributed by atoms with van der Waals surface area (Å²) in [6.45, 7) is 0. The van der Waals surface area contributed by atoms with Gasteiger partial charge in [-0.25, -0.2) is 9.59 Å². The summed E-state index contributed by atoms with van der Waals surface area (Å²) in [5, 5.41) is 0. The molecular formula is C16H11Cl3O4. The second-order valence-electron chi connectivity index (χ2n) is 4.40. The zero-order valence-corrected chi connectivity index (χ0v) is 13.9. The van der Waals surface area contributed by atoms with Gasteiger partial charge in [0.15, 0.2) is 0 Å². The first-order chi connectivity index (χ1) is 10.9. The van der Waals surface area contributed by atoms with Crippen LogP contribution >= 0.6 is 34.8 Å². The summed E-state index contributed by atoms with van der Waals surface area (Å²) in [6.07, 6.45) is 0. The molecule has 0 bridgehead atoms. The van der Waals surface area contributed by atoms with Gasteiger partial charge in [-0.3, -0.25) is 0 Å². The molecule has 2 aromatic carbocycles. The molecule has 4 nitrogen and oxygen atoms in total. The molecule has 1 atom stereocenters. The lowest BCUT2D eigenvalue weighted by Crippen LogP contribution is -2.36. The van der Waals surface area contributed by atoms with Crippen molar-refractivity contribution in [2.45, 2.75) is 10.1 Å². The van der Waals surface area contributed by atoms with Crippen LogP contribution in [0.4, 0.5) is 0 Å². The van der Waals surface area contributed by atoms with Gasteiger partial charge in [-0.1, -0.05) is 71.2 Å². The number of rotatable bonds is 5. The van der Waals surface area contributed by atoms with Crippen molar-refractivity contribution in [3.05, 3.63) is 71.8 Å². The molecule has 0 amide bonds. The number of carbonyl (C=O) groups is 2. The van der Waals surface area contributed by atoms with Gasteiger partial charge in [0.25, 0.3) is 0 Å². The average molecular weight is 374 g/mol. The summed E-state index contributed by atoms with van der Waals surface area (Å²) in [4.78, 5) is 23.8. The summed E-state index contributed by atoms with van der Waals surface area (Å²) in [5.41, 5.74) is -1.10. The van der Waals surface area contributed by atoms with Crippen LogP contribution in [-0.4, -0.2) is 22.0 Å². The molecule has 23 heavy (non-hydrogen) atoms. The maximum atomic E-state index is 11.9. The molecular weight excluding hydrogens is 363 g/mol. The highest BCUT2D eigenvalue weighted by atomic mass is 35.5. The highest BCUT2D eigenvalue weighted by Gasteiger charge is 2.41. The predicted molar refractivity (Wildman–Crippen MR) is 87.8 cm³/mol. The van der Waals surface area contributed by atoms with E-state index < -0.39 is 22.0 Å². The van der Waals surface area contributed by atoms with Crippen molar-refractivity contribution in [1.82, 2.24) is 0 Å². The lowest BCUT2D eigenvalue weighted by molar-refractivity contribution is -0.00189. The number of halogens is 3. The Morgan fingerprint density at radius 1 is 0.826 bits per heavy atom. The van der Waals surface area contributed by atoms with Crippen LogP contribution in [0.5, 0.6) is 0 Å². The fourth-order valence-electron chi connectivity index (χ4n) is 1.61. The minimum absolute atomic E-state index is 0.233. The molecule has 7 heteroatoms. The first kappa shape index (κ1) is 17.6. The van der Waals surface area contributed by atoms with Crippen LogP contribution in [-0.2, 0) is 9.47 Å². The Labute approximate surface area is 147 Å². The van der Waals surface area contributed by atoms with Crippen molar-refractivity contribution in [1.29, 1.82) is 0 Å². The van der Waals surface area contributed by atoms with E-state index in [1.807, 2.05) is 0 Å². The molecule has 0 aliphatic carbocycles. The molecule has 0 spiro atoms. The summed E-state index contributed by atoms with van der Waals surface area (Å²) in [7, 11) is 0. The molecule has 0 aliphatic heterocycles. The predicted octanol–water partition coefficient (Wildman–Crippen LogP) is 4.40. The van der Waals surface area contributed by atoms with Crippen molar-refractivity contribution < 1.29 is 19.1 Å². The van der Waals surface area contributed by atoms with Crippen LogP contribution in [0.3, 0.4) is 0 Å². The van der Waals surface area contributed by atoms with Gasteiger partial charge in [-0.15, -0.1) is 0 Å². The Hall–Kier alpha value is -1.75. The smallest absolute Gasteiger partial charge is 0.340 e. The van der Waals surface area contributed by atoms with Gasteiger partial charge in [0.2, 0.25) is 5.56 Å². The normalized spacial score (nSPS) is 12.3. The van der Waals surface area contributed by atoms with E-state index in [9.17, 15) is 9.59 Å². The van der Waals surface area contributed by atoms with E-state index in [1.165, 1.54) is 24.3 Å². The summed E-state index contributed by atoms with van der Waals surface area (Å²) >= 11 is 17.6. The Bertz CT molecular complexity index is 674. The van der Waals surface area contributed by atoms with E-state index >= 15 is 0 Å². The molecule has 120 valence electrons. The third-order valence-corrected chi connectivity index (χ3v) is 3.89. The Kier molecular flexibility index (Phi) is 5.88. The molecule has 2 aromatic rings. The average Bonchev–Trinajstić information content (AvgIpc) is 2.56. The maximum Gasteiger partial charge on any atom is 0.340 e. The molecule has 1 unspecified atom stereocenters. The third kappa shape index (κ3) is 4.86. The lowest BCUT2D eigenvalue weighted by atomic mass is 10.2. The fourth-order valence-corrected chi connectivity index (χ4v) is 1.96. The molecule has 0 heterocycles. The minimum Gasteiger partial charge on any atom is -0.435 e. The highest BCUT2D eigenvalue weighted by Crippen LogP contribution is 2.33. The molecule has 0 radical (unpaired) electrons. The van der Waals surface area contributed by atoms with E-state index in [2.05, 4.69) is 0 Å². The van der Waals surface area contributed by atoms with E-state index in [4.69, 9.17) is 44.3 Å². The second kappa shape index (κ2) is 7.68. The van der Waals surface area contributed by atoms with Crippen LogP contribution < -0.4 is 0 Å². The van der Waals surface area contributed by atoms with Crippen molar-refractivity contribution in [2.75, 3.05) is 0 Å². The number of hydrogen-bond acceptors (Lipinski definition) is 4. The van der Waals surface area contributed by atoms with Crippen molar-refractivity contribution in [2.24, 2.45) is 0 Å². The minimum atomic E-state index is -2.24. The highest BCUT2D eigenvalue weighted by molar-refractivity contribution is 6.51. The third-order valence-electron chi connectivity index (χ3n) is 2.72. The van der Waals surface area contributed by atoms with Gasteiger partial charge in [0.1, 0.15) is 0 Å². The number of carbonyl (C=O) groups excluding carboxylic acids is 2. The second-order valence-corrected chi connectivity index (χ2v) is 6.12. The van der Waals surface area contributed by atoms with E-state index in [0.717, 1.165) is 0 Å². The summed E-state index contributed by atoms with van der Waals surface area (Å²) in [6, 6.07) is 16.2. The topological polar surface area (TPSA) is 52.6 Å². The first-order valence-electron chi connectivity index (χ1n) is 6.46. The number of ether oxygens (including phenoxy) is 2. The van der Waals surface area contributed by atoms with Crippen molar-refractivity contribution >= 4 is 46.7 Å². The Morgan fingerprint density at radius 2 is 1.26 bits per heavy atom. The van der Waals surface area contributed by atoms with Crippen LogP contribution in [0.1, 0.15) is 20.7 Å². The molecule has 0 N–H and O–H groups in total. The zero-order valence-electron chi connectivity index (χ0n) is 11.6. The van der Waals surface area contributed by atoms with Crippen molar-refractivity contribution in [3.8, 4) is 0 Å². The summed E-state index contributed by atoms with van der Waals surface area (Å²) in [5.74, 6) is -1.54. The lowest BCUT2D eigenvalue weighted by Gasteiger charge is -2.24. The molecule has 0 fully saturated rings.